The zero-order chi connectivity index (χ0) is 20.9. The molecule has 0 N–H and O–H groups in total. The monoisotopic (exact) mass is 412 g/mol. The van der Waals surface area contributed by atoms with Gasteiger partial charge in [0.25, 0.3) is 5.91 Å². The number of nitrogens with zero attached hydrogens (tertiary/aromatic N) is 4. The molecule has 8 nitrogen and oxygen atoms in total. The summed E-state index contributed by atoms with van der Waals surface area (Å²) in [6, 6.07) is 6.02. The highest BCUT2D eigenvalue weighted by molar-refractivity contribution is 5.93. The second kappa shape index (κ2) is 9.30. The van der Waals surface area contributed by atoms with Crippen molar-refractivity contribution in [3.05, 3.63) is 47.3 Å². The number of morpholine rings is 1. The SMILES string of the molecule is CCn1cc(C(=O)N2CCOc3ccc(CCC(=O)N4CCOCC4)cc3C2)cn1. The summed E-state index contributed by atoms with van der Waals surface area (Å²) in [7, 11) is 0. The van der Waals surface area contributed by atoms with Gasteiger partial charge in [0, 0.05) is 44.4 Å². The Labute approximate surface area is 176 Å². The van der Waals surface area contributed by atoms with Gasteiger partial charge >= 0.3 is 0 Å². The fourth-order valence-electron chi connectivity index (χ4n) is 3.83. The molecule has 0 atom stereocenters. The van der Waals surface area contributed by atoms with E-state index in [2.05, 4.69) is 11.2 Å². The summed E-state index contributed by atoms with van der Waals surface area (Å²) in [5.41, 5.74) is 2.64. The Morgan fingerprint density at radius 3 is 2.67 bits per heavy atom. The predicted molar refractivity (Wildman–Crippen MR) is 110 cm³/mol. The van der Waals surface area contributed by atoms with E-state index >= 15 is 0 Å². The summed E-state index contributed by atoms with van der Waals surface area (Å²) in [5.74, 6) is 0.922. The minimum Gasteiger partial charge on any atom is -0.491 e. The maximum Gasteiger partial charge on any atom is 0.257 e. The molecule has 2 aliphatic heterocycles. The highest BCUT2D eigenvalue weighted by Crippen LogP contribution is 2.26. The van der Waals surface area contributed by atoms with Gasteiger partial charge in [-0.05, 0) is 25.0 Å². The molecule has 1 aromatic carbocycles. The van der Waals surface area contributed by atoms with E-state index in [0.29, 0.717) is 64.4 Å². The van der Waals surface area contributed by atoms with Crippen LogP contribution >= 0.6 is 0 Å². The number of aromatic nitrogens is 2. The van der Waals surface area contributed by atoms with Crippen LogP contribution in [0.4, 0.5) is 0 Å². The number of hydrogen-bond donors (Lipinski definition) is 0. The van der Waals surface area contributed by atoms with Crippen molar-refractivity contribution in [1.82, 2.24) is 19.6 Å². The number of carbonyl (C=O) groups excluding carboxylic acids is 2. The van der Waals surface area contributed by atoms with Crippen LogP contribution in [0.25, 0.3) is 0 Å². The average molecular weight is 412 g/mol. The first-order valence-electron chi connectivity index (χ1n) is 10.6. The molecular formula is C22H28N4O4. The highest BCUT2D eigenvalue weighted by Gasteiger charge is 2.23. The van der Waals surface area contributed by atoms with Crippen LogP contribution < -0.4 is 4.74 Å². The zero-order valence-electron chi connectivity index (χ0n) is 17.4. The third-order valence-electron chi connectivity index (χ3n) is 5.59. The van der Waals surface area contributed by atoms with Crippen molar-refractivity contribution in [2.75, 3.05) is 39.5 Å². The summed E-state index contributed by atoms with van der Waals surface area (Å²) in [6.07, 6.45) is 4.54. The molecule has 1 aromatic heterocycles. The van der Waals surface area contributed by atoms with E-state index in [0.717, 1.165) is 23.4 Å². The van der Waals surface area contributed by atoms with E-state index < -0.39 is 0 Å². The Balaban J connectivity index is 1.42. The van der Waals surface area contributed by atoms with Crippen LogP contribution in [0.15, 0.2) is 30.6 Å². The summed E-state index contributed by atoms with van der Waals surface area (Å²) in [6.45, 7) is 6.74. The molecule has 1 saturated heterocycles. The van der Waals surface area contributed by atoms with Crippen LogP contribution in [0.3, 0.4) is 0 Å². The molecule has 160 valence electrons. The number of ether oxygens (including phenoxy) is 2. The Hall–Kier alpha value is -2.87. The highest BCUT2D eigenvalue weighted by atomic mass is 16.5. The first-order chi connectivity index (χ1) is 14.6. The zero-order valence-corrected chi connectivity index (χ0v) is 17.4. The Kier molecular flexibility index (Phi) is 6.32. The van der Waals surface area contributed by atoms with Crippen LogP contribution in [-0.4, -0.2) is 70.8 Å². The van der Waals surface area contributed by atoms with Crippen molar-refractivity contribution in [2.45, 2.75) is 32.9 Å². The van der Waals surface area contributed by atoms with E-state index in [1.54, 1.807) is 22.0 Å². The molecule has 3 heterocycles. The molecule has 0 radical (unpaired) electrons. The van der Waals surface area contributed by atoms with Crippen LogP contribution in [0.5, 0.6) is 5.75 Å². The molecule has 2 aromatic rings. The van der Waals surface area contributed by atoms with E-state index in [9.17, 15) is 9.59 Å². The minimum absolute atomic E-state index is 0.0425. The number of benzene rings is 1. The van der Waals surface area contributed by atoms with Gasteiger partial charge < -0.3 is 19.3 Å². The normalized spacial score (nSPS) is 16.6. The lowest BCUT2D eigenvalue weighted by Gasteiger charge is -2.26. The summed E-state index contributed by atoms with van der Waals surface area (Å²) in [4.78, 5) is 29.0. The molecule has 0 spiro atoms. The van der Waals surface area contributed by atoms with E-state index in [1.807, 2.05) is 24.0 Å². The molecule has 0 saturated carbocycles. The molecule has 30 heavy (non-hydrogen) atoms. The van der Waals surface area contributed by atoms with Gasteiger partial charge in [-0.3, -0.25) is 14.3 Å². The average Bonchev–Trinajstić information content (AvgIpc) is 3.17. The smallest absolute Gasteiger partial charge is 0.257 e. The van der Waals surface area contributed by atoms with Crippen molar-refractivity contribution in [1.29, 1.82) is 0 Å². The van der Waals surface area contributed by atoms with E-state index in [-0.39, 0.29) is 11.8 Å². The number of hydrogen-bond acceptors (Lipinski definition) is 5. The van der Waals surface area contributed by atoms with E-state index in [1.165, 1.54) is 0 Å². The second-order valence-corrected chi connectivity index (χ2v) is 7.60. The maximum absolute atomic E-state index is 12.9. The fraction of sp³-hybridized carbons (Fsp3) is 0.500. The molecule has 2 aliphatic rings. The number of amides is 2. The lowest BCUT2D eigenvalue weighted by molar-refractivity contribution is -0.135. The molecule has 8 heteroatoms. The van der Waals surface area contributed by atoms with Gasteiger partial charge in [-0.15, -0.1) is 0 Å². The number of carbonyl (C=O) groups is 2. The minimum atomic E-state index is -0.0425. The Bertz CT molecular complexity index is 904. The van der Waals surface area contributed by atoms with Crippen LogP contribution in [0.1, 0.15) is 34.8 Å². The quantitative estimate of drug-likeness (QED) is 0.748. The van der Waals surface area contributed by atoms with E-state index in [4.69, 9.17) is 9.47 Å². The topological polar surface area (TPSA) is 76.9 Å². The number of rotatable bonds is 5. The van der Waals surface area contributed by atoms with Crippen molar-refractivity contribution in [2.24, 2.45) is 0 Å². The molecule has 4 rings (SSSR count). The molecule has 0 unspecified atom stereocenters. The molecule has 1 fully saturated rings. The van der Waals surface area contributed by atoms with Crippen LogP contribution in [0, 0.1) is 0 Å². The fourth-order valence-corrected chi connectivity index (χ4v) is 3.83. The summed E-state index contributed by atoms with van der Waals surface area (Å²) in [5, 5.41) is 4.21. The Morgan fingerprint density at radius 1 is 1.10 bits per heavy atom. The van der Waals surface area contributed by atoms with Crippen LogP contribution in [-0.2, 0) is 29.0 Å². The van der Waals surface area contributed by atoms with Crippen molar-refractivity contribution in [3.8, 4) is 5.75 Å². The predicted octanol–water partition coefficient (Wildman–Crippen LogP) is 1.73. The van der Waals surface area contributed by atoms with Crippen molar-refractivity contribution < 1.29 is 19.1 Å². The van der Waals surface area contributed by atoms with Gasteiger partial charge in [0.15, 0.2) is 0 Å². The van der Waals surface area contributed by atoms with Gasteiger partial charge in [0.2, 0.25) is 5.91 Å². The standard InChI is InChI=1S/C22H28N4O4/c1-2-26-16-19(14-23-26)22(28)25-9-12-30-20-5-3-17(13-18(20)15-25)4-6-21(27)24-7-10-29-11-8-24/h3,5,13-14,16H,2,4,6-12,15H2,1H3. The maximum atomic E-state index is 12.9. The third kappa shape index (κ3) is 4.64. The van der Waals surface area contributed by atoms with Gasteiger partial charge in [-0.1, -0.05) is 12.1 Å². The number of fused-ring (bicyclic) bond motifs is 1. The number of aryl methyl sites for hydroxylation is 2. The van der Waals surface area contributed by atoms with Crippen molar-refractivity contribution >= 4 is 11.8 Å². The lowest BCUT2D eigenvalue weighted by atomic mass is 10.0. The molecule has 0 bridgehead atoms. The molecular weight excluding hydrogens is 384 g/mol. The third-order valence-corrected chi connectivity index (χ3v) is 5.59. The van der Waals surface area contributed by atoms with Gasteiger partial charge in [-0.2, -0.15) is 5.10 Å². The largest absolute Gasteiger partial charge is 0.491 e. The van der Waals surface area contributed by atoms with Crippen molar-refractivity contribution in [3.63, 3.8) is 0 Å². The van der Waals surface area contributed by atoms with Gasteiger partial charge in [0.1, 0.15) is 12.4 Å². The Morgan fingerprint density at radius 2 is 1.90 bits per heavy atom. The van der Waals surface area contributed by atoms with Crippen LogP contribution in [0.2, 0.25) is 0 Å². The summed E-state index contributed by atoms with van der Waals surface area (Å²) >= 11 is 0. The first kappa shape index (κ1) is 20.4. The lowest BCUT2D eigenvalue weighted by Crippen LogP contribution is -2.40. The van der Waals surface area contributed by atoms with Gasteiger partial charge in [0.05, 0.1) is 31.5 Å². The molecule has 2 amide bonds. The molecule has 0 aliphatic carbocycles. The second-order valence-electron chi connectivity index (χ2n) is 7.60. The van der Waals surface area contributed by atoms with Gasteiger partial charge in [-0.25, -0.2) is 0 Å². The summed E-state index contributed by atoms with van der Waals surface area (Å²) < 4.78 is 12.9. The first-order valence-corrected chi connectivity index (χ1v) is 10.6.